The molecule has 0 saturated heterocycles. The molecule has 0 radical (unpaired) electrons. The van der Waals surface area contributed by atoms with E-state index in [1.165, 1.54) is 11.3 Å². The van der Waals surface area contributed by atoms with Crippen LogP contribution in [0.1, 0.15) is 30.5 Å². The summed E-state index contributed by atoms with van der Waals surface area (Å²) in [6, 6.07) is 16.8. The number of rotatable bonds is 4. The molecular weight excluding hydrogens is 194 g/mol. The summed E-state index contributed by atoms with van der Waals surface area (Å²) < 4.78 is 0. The predicted molar refractivity (Wildman–Crippen MR) is 67.4 cm³/mol. The van der Waals surface area contributed by atoms with Gasteiger partial charge in [-0.25, -0.2) is 0 Å². The molecule has 2 aromatic rings. The lowest BCUT2D eigenvalue weighted by atomic mass is 9.92. The van der Waals surface area contributed by atoms with Gasteiger partial charge in [0, 0.05) is 11.9 Å². The van der Waals surface area contributed by atoms with Gasteiger partial charge in [0.1, 0.15) is 0 Å². The van der Waals surface area contributed by atoms with Crippen molar-refractivity contribution in [2.24, 2.45) is 0 Å². The molecule has 1 aromatic heterocycles. The minimum Gasteiger partial charge on any atom is -0.261 e. The number of hydrogen-bond acceptors (Lipinski definition) is 1. The van der Waals surface area contributed by atoms with Crippen molar-refractivity contribution in [3.05, 3.63) is 66.0 Å². The van der Waals surface area contributed by atoms with Crippen molar-refractivity contribution >= 4 is 0 Å². The standard InChI is InChI=1S/C15H17N/c1-2-13(14-8-4-3-5-9-14)12-15-10-6-7-11-16-15/h3-11,13H,2,12H2,1H3. The molecule has 0 fully saturated rings. The summed E-state index contributed by atoms with van der Waals surface area (Å²) in [6.45, 7) is 2.24. The average Bonchev–Trinajstić information content (AvgIpc) is 2.38. The molecule has 82 valence electrons. The van der Waals surface area contributed by atoms with Gasteiger partial charge in [-0.05, 0) is 36.5 Å². The number of pyridine rings is 1. The topological polar surface area (TPSA) is 12.9 Å². The SMILES string of the molecule is CCC(Cc1ccccn1)c1ccccc1. The lowest BCUT2D eigenvalue weighted by Gasteiger charge is -2.14. The van der Waals surface area contributed by atoms with Crippen LogP contribution in [0.15, 0.2) is 54.7 Å². The zero-order chi connectivity index (χ0) is 11.2. The maximum Gasteiger partial charge on any atom is 0.0409 e. The van der Waals surface area contributed by atoms with Crippen LogP contribution in [0.25, 0.3) is 0 Å². The first-order valence-electron chi connectivity index (χ1n) is 5.85. The summed E-state index contributed by atoms with van der Waals surface area (Å²) in [6.07, 6.45) is 4.05. The fraction of sp³-hybridized carbons (Fsp3) is 0.267. The monoisotopic (exact) mass is 211 g/mol. The van der Waals surface area contributed by atoms with Gasteiger partial charge in [-0.2, -0.15) is 0 Å². The van der Waals surface area contributed by atoms with Gasteiger partial charge >= 0.3 is 0 Å². The van der Waals surface area contributed by atoms with Crippen LogP contribution in [0.4, 0.5) is 0 Å². The van der Waals surface area contributed by atoms with Crippen LogP contribution in [0, 0.1) is 0 Å². The van der Waals surface area contributed by atoms with Crippen molar-refractivity contribution in [1.29, 1.82) is 0 Å². The molecule has 0 saturated carbocycles. The molecule has 0 N–H and O–H groups in total. The van der Waals surface area contributed by atoms with Crippen molar-refractivity contribution in [3.8, 4) is 0 Å². The minimum absolute atomic E-state index is 0.580. The molecule has 2 rings (SSSR count). The highest BCUT2D eigenvalue weighted by atomic mass is 14.7. The zero-order valence-corrected chi connectivity index (χ0v) is 9.63. The second-order valence-electron chi connectivity index (χ2n) is 4.04. The van der Waals surface area contributed by atoms with E-state index in [9.17, 15) is 0 Å². The summed E-state index contributed by atoms with van der Waals surface area (Å²) >= 11 is 0. The van der Waals surface area contributed by atoms with Crippen molar-refractivity contribution in [2.45, 2.75) is 25.7 Å². The molecule has 16 heavy (non-hydrogen) atoms. The highest BCUT2D eigenvalue weighted by Gasteiger charge is 2.09. The third-order valence-electron chi connectivity index (χ3n) is 2.95. The number of aromatic nitrogens is 1. The van der Waals surface area contributed by atoms with Gasteiger partial charge in [0.05, 0.1) is 0 Å². The molecule has 1 heterocycles. The predicted octanol–water partition coefficient (Wildman–Crippen LogP) is 3.82. The lowest BCUT2D eigenvalue weighted by Crippen LogP contribution is -2.02. The van der Waals surface area contributed by atoms with E-state index in [0.717, 1.165) is 12.8 Å². The van der Waals surface area contributed by atoms with E-state index in [0.29, 0.717) is 5.92 Å². The highest BCUT2D eigenvalue weighted by Crippen LogP contribution is 2.22. The van der Waals surface area contributed by atoms with E-state index in [2.05, 4.69) is 54.4 Å². The first-order chi connectivity index (χ1) is 7.90. The molecule has 1 unspecified atom stereocenters. The largest absolute Gasteiger partial charge is 0.261 e. The molecule has 1 heteroatoms. The Kier molecular flexibility index (Phi) is 3.71. The van der Waals surface area contributed by atoms with Crippen molar-refractivity contribution in [2.75, 3.05) is 0 Å². The van der Waals surface area contributed by atoms with Gasteiger partial charge in [-0.15, -0.1) is 0 Å². The van der Waals surface area contributed by atoms with Gasteiger partial charge in [0.15, 0.2) is 0 Å². The Bertz CT molecular complexity index is 408. The Balaban J connectivity index is 2.13. The van der Waals surface area contributed by atoms with Crippen LogP contribution in [-0.4, -0.2) is 4.98 Å². The second kappa shape index (κ2) is 5.45. The van der Waals surface area contributed by atoms with Gasteiger partial charge in [0.2, 0.25) is 0 Å². The van der Waals surface area contributed by atoms with E-state index >= 15 is 0 Å². The summed E-state index contributed by atoms with van der Waals surface area (Å²) in [5.74, 6) is 0.580. The van der Waals surface area contributed by atoms with Crippen molar-refractivity contribution < 1.29 is 0 Å². The molecule has 0 aliphatic carbocycles. The van der Waals surface area contributed by atoms with E-state index in [1.807, 2.05) is 12.3 Å². The number of hydrogen-bond donors (Lipinski definition) is 0. The van der Waals surface area contributed by atoms with Gasteiger partial charge in [-0.3, -0.25) is 4.98 Å². The molecule has 0 spiro atoms. The van der Waals surface area contributed by atoms with Crippen LogP contribution >= 0.6 is 0 Å². The van der Waals surface area contributed by atoms with Crippen LogP contribution in [0.5, 0.6) is 0 Å². The summed E-state index contributed by atoms with van der Waals surface area (Å²) in [5.41, 5.74) is 2.59. The van der Waals surface area contributed by atoms with E-state index in [1.54, 1.807) is 0 Å². The maximum absolute atomic E-state index is 4.39. The minimum atomic E-state index is 0.580. The van der Waals surface area contributed by atoms with Crippen molar-refractivity contribution in [3.63, 3.8) is 0 Å². The smallest absolute Gasteiger partial charge is 0.0409 e. The van der Waals surface area contributed by atoms with E-state index < -0.39 is 0 Å². The van der Waals surface area contributed by atoms with Crippen molar-refractivity contribution in [1.82, 2.24) is 4.98 Å². The molecule has 0 amide bonds. The van der Waals surface area contributed by atoms with Gasteiger partial charge < -0.3 is 0 Å². The normalized spacial score (nSPS) is 12.3. The number of benzene rings is 1. The van der Waals surface area contributed by atoms with Crippen LogP contribution in [-0.2, 0) is 6.42 Å². The Morgan fingerprint density at radius 1 is 1.00 bits per heavy atom. The Morgan fingerprint density at radius 2 is 1.75 bits per heavy atom. The molecule has 0 aliphatic rings. The Hall–Kier alpha value is -1.63. The molecule has 1 aromatic carbocycles. The highest BCUT2D eigenvalue weighted by molar-refractivity contribution is 5.21. The quantitative estimate of drug-likeness (QED) is 0.749. The Morgan fingerprint density at radius 3 is 2.38 bits per heavy atom. The average molecular weight is 211 g/mol. The summed E-state index contributed by atoms with van der Waals surface area (Å²) in [4.78, 5) is 4.39. The third kappa shape index (κ3) is 2.69. The maximum atomic E-state index is 4.39. The molecule has 1 atom stereocenters. The summed E-state index contributed by atoms with van der Waals surface area (Å²) in [5, 5.41) is 0. The van der Waals surface area contributed by atoms with Gasteiger partial charge in [-0.1, -0.05) is 43.3 Å². The van der Waals surface area contributed by atoms with Crippen LogP contribution < -0.4 is 0 Å². The molecular formula is C15H17N. The third-order valence-corrected chi connectivity index (χ3v) is 2.95. The van der Waals surface area contributed by atoms with Gasteiger partial charge in [0.25, 0.3) is 0 Å². The fourth-order valence-electron chi connectivity index (χ4n) is 1.99. The first kappa shape index (κ1) is 10.9. The van der Waals surface area contributed by atoms with Crippen LogP contribution in [0.2, 0.25) is 0 Å². The second-order valence-corrected chi connectivity index (χ2v) is 4.04. The number of nitrogens with zero attached hydrogens (tertiary/aromatic N) is 1. The van der Waals surface area contributed by atoms with E-state index in [4.69, 9.17) is 0 Å². The van der Waals surface area contributed by atoms with Crippen LogP contribution in [0.3, 0.4) is 0 Å². The first-order valence-corrected chi connectivity index (χ1v) is 5.85. The Labute approximate surface area is 97.2 Å². The van der Waals surface area contributed by atoms with E-state index in [-0.39, 0.29) is 0 Å². The molecule has 0 bridgehead atoms. The zero-order valence-electron chi connectivity index (χ0n) is 9.63. The summed E-state index contributed by atoms with van der Waals surface area (Å²) in [7, 11) is 0. The molecule has 1 nitrogen and oxygen atoms in total. The molecule has 0 aliphatic heterocycles. The lowest BCUT2D eigenvalue weighted by molar-refractivity contribution is 0.650. The fourth-order valence-corrected chi connectivity index (χ4v) is 1.99.